The van der Waals surface area contributed by atoms with Crippen LogP contribution in [0.25, 0.3) is 0 Å². The Balaban J connectivity index is 3.17. The minimum atomic E-state index is -4.61. The van der Waals surface area contributed by atoms with Gasteiger partial charge in [0.05, 0.1) is 11.5 Å². The van der Waals surface area contributed by atoms with E-state index in [1.165, 1.54) is 0 Å². The number of hydrogen-bond donors (Lipinski definition) is 1. The van der Waals surface area contributed by atoms with Gasteiger partial charge in [-0.3, -0.25) is 4.79 Å². The van der Waals surface area contributed by atoms with Crippen LogP contribution in [0.2, 0.25) is 0 Å². The van der Waals surface area contributed by atoms with Gasteiger partial charge in [0.1, 0.15) is 11.6 Å². The van der Waals surface area contributed by atoms with Gasteiger partial charge in [-0.2, -0.15) is 13.2 Å². The summed E-state index contributed by atoms with van der Waals surface area (Å²) < 4.78 is 51.0. The van der Waals surface area contributed by atoms with Crippen molar-refractivity contribution in [3.63, 3.8) is 0 Å². The van der Waals surface area contributed by atoms with Gasteiger partial charge in [0.25, 0.3) is 0 Å². The molecule has 2 N–H and O–H groups in total. The zero-order valence-electron chi connectivity index (χ0n) is 10.6. The highest BCUT2D eigenvalue weighted by Gasteiger charge is 2.32. The van der Waals surface area contributed by atoms with Crippen molar-refractivity contribution in [1.29, 1.82) is 0 Å². The third-order valence-electron chi connectivity index (χ3n) is 2.85. The molecule has 0 spiro atoms. The van der Waals surface area contributed by atoms with E-state index in [-0.39, 0.29) is 23.8 Å². The Bertz CT molecular complexity index is 468. The summed E-state index contributed by atoms with van der Waals surface area (Å²) in [6.45, 7) is 3.12. The summed E-state index contributed by atoms with van der Waals surface area (Å²) in [4.78, 5) is 11.8. The number of ketones is 1. The Morgan fingerprint density at radius 3 is 2.26 bits per heavy atom. The molecule has 0 aliphatic heterocycles. The Kier molecular flexibility index (Phi) is 4.68. The zero-order valence-corrected chi connectivity index (χ0v) is 10.6. The number of nitrogens with two attached hydrogens (primary N) is 1. The molecular weight excluding hydrogens is 262 g/mol. The maximum atomic E-state index is 13.7. The summed E-state index contributed by atoms with van der Waals surface area (Å²) in [6.07, 6.45) is -4.61. The number of alkyl halides is 3. The maximum Gasteiger partial charge on any atom is 0.416 e. The van der Waals surface area contributed by atoms with Crippen LogP contribution in [0.4, 0.5) is 17.6 Å². The molecule has 6 heteroatoms. The molecule has 1 aromatic rings. The molecular formula is C13H15F4NO. The van der Waals surface area contributed by atoms with E-state index in [4.69, 9.17) is 5.73 Å². The predicted molar refractivity (Wildman–Crippen MR) is 63.0 cm³/mol. The van der Waals surface area contributed by atoms with Gasteiger partial charge in [-0.05, 0) is 17.7 Å². The number of carbonyl (C=O) groups excluding carboxylic acids is 1. The van der Waals surface area contributed by atoms with Crippen molar-refractivity contribution in [2.75, 3.05) is 6.54 Å². The molecule has 1 unspecified atom stereocenters. The number of hydrogen-bond acceptors (Lipinski definition) is 2. The fourth-order valence-electron chi connectivity index (χ4n) is 1.78. The van der Waals surface area contributed by atoms with Crippen molar-refractivity contribution < 1.29 is 22.4 Å². The SMILES string of the molecule is CC(C)C(=O)C(CN)c1ccc(C(F)(F)F)cc1F. The van der Waals surface area contributed by atoms with Gasteiger partial charge in [-0.15, -0.1) is 0 Å². The average Bonchev–Trinajstić information content (AvgIpc) is 2.30. The Morgan fingerprint density at radius 2 is 1.89 bits per heavy atom. The minimum Gasteiger partial charge on any atom is -0.329 e. The fraction of sp³-hybridized carbons (Fsp3) is 0.462. The number of halogens is 4. The largest absolute Gasteiger partial charge is 0.416 e. The number of benzene rings is 1. The van der Waals surface area contributed by atoms with E-state index in [2.05, 4.69) is 0 Å². The summed E-state index contributed by atoms with van der Waals surface area (Å²) in [5, 5.41) is 0. The topological polar surface area (TPSA) is 43.1 Å². The third kappa shape index (κ3) is 3.53. The van der Waals surface area contributed by atoms with Crippen LogP contribution in [0, 0.1) is 11.7 Å². The number of carbonyl (C=O) groups is 1. The average molecular weight is 277 g/mol. The molecule has 0 amide bonds. The van der Waals surface area contributed by atoms with Crippen molar-refractivity contribution in [3.8, 4) is 0 Å². The molecule has 1 aromatic carbocycles. The first-order chi connectivity index (χ1) is 8.68. The molecule has 0 aromatic heterocycles. The molecule has 1 rings (SSSR count). The van der Waals surface area contributed by atoms with Gasteiger partial charge in [-0.1, -0.05) is 19.9 Å². The van der Waals surface area contributed by atoms with Gasteiger partial charge in [0.2, 0.25) is 0 Å². The van der Waals surface area contributed by atoms with Gasteiger partial charge in [-0.25, -0.2) is 4.39 Å². The van der Waals surface area contributed by atoms with Gasteiger partial charge >= 0.3 is 6.18 Å². The Morgan fingerprint density at radius 1 is 1.32 bits per heavy atom. The third-order valence-corrected chi connectivity index (χ3v) is 2.85. The summed E-state index contributed by atoms with van der Waals surface area (Å²) in [7, 11) is 0. The molecule has 19 heavy (non-hydrogen) atoms. The van der Waals surface area contributed by atoms with E-state index in [9.17, 15) is 22.4 Å². The molecule has 0 saturated heterocycles. The highest BCUT2D eigenvalue weighted by molar-refractivity contribution is 5.87. The van der Waals surface area contributed by atoms with Crippen molar-refractivity contribution in [3.05, 3.63) is 35.1 Å². The molecule has 0 fully saturated rings. The molecule has 0 radical (unpaired) electrons. The smallest absolute Gasteiger partial charge is 0.329 e. The first-order valence-electron chi connectivity index (χ1n) is 5.79. The normalized spacial score (nSPS) is 13.7. The van der Waals surface area contributed by atoms with Crippen LogP contribution in [-0.4, -0.2) is 12.3 Å². The van der Waals surface area contributed by atoms with Crippen LogP contribution in [0.3, 0.4) is 0 Å². The van der Waals surface area contributed by atoms with E-state index >= 15 is 0 Å². The van der Waals surface area contributed by atoms with Gasteiger partial charge in [0, 0.05) is 12.5 Å². The second-order valence-electron chi connectivity index (χ2n) is 4.58. The van der Waals surface area contributed by atoms with Crippen molar-refractivity contribution in [2.45, 2.75) is 25.9 Å². The standard InChI is InChI=1S/C13H15F4NO/c1-7(2)12(19)10(6-18)9-4-3-8(5-11(9)14)13(15,16)17/h3-5,7,10H,6,18H2,1-2H3. The molecule has 0 saturated carbocycles. The lowest BCUT2D eigenvalue weighted by atomic mass is 9.88. The summed E-state index contributed by atoms with van der Waals surface area (Å²) >= 11 is 0. The lowest BCUT2D eigenvalue weighted by Crippen LogP contribution is -2.26. The van der Waals surface area contributed by atoms with Crippen molar-refractivity contribution >= 4 is 5.78 Å². The van der Waals surface area contributed by atoms with E-state index in [1.54, 1.807) is 13.8 Å². The van der Waals surface area contributed by atoms with Crippen LogP contribution in [0.5, 0.6) is 0 Å². The van der Waals surface area contributed by atoms with E-state index in [1.807, 2.05) is 0 Å². The van der Waals surface area contributed by atoms with Gasteiger partial charge in [0.15, 0.2) is 0 Å². The first-order valence-corrected chi connectivity index (χ1v) is 5.79. The molecule has 2 nitrogen and oxygen atoms in total. The summed E-state index contributed by atoms with van der Waals surface area (Å²) in [5.41, 5.74) is 4.26. The first kappa shape index (κ1) is 15.6. The van der Waals surface area contributed by atoms with Crippen LogP contribution < -0.4 is 5.73 Å². The highest BCUT2D eigenvalue weighted by atomic mass is 19.4. The lowest BCUT2D eigenvalue weighted by Gasteiger charge is -2.18. The Labute approximate surface area is 108 Å². The fourth-order valence-corrected chi connectivity index (χ4v) is 1.78. The molecule has 106 valence electrons. The molecule has 0 aliphatic rings. The second kappa shape index (κ2) is 5.69. The zero-order chi connectivity index (χ0) is 14.8. The van der Waals surface area contributed by atoms with Crippen molar-refractivity contribution in [1.82, 2.24) is 0 Å². The summed E-state index contributed by atoms with van der Waals surface area (Å²) in [5.74, 6) is -2.63. The maximum absolute atomic E-state index is 13.7. The van der Waals surface area contributed by atoms with Crippen LogP contribution in [0.1, 0.15) is 30.9 Å². The number of rotatable bonds is 4. The van der Waals surface area contributed by atoms with E-state index in [0.29, 0.717) is 6.07 Å². The van der Waals surface area contributed by atoms with Crippen LogP contribution in [-0.2, 0) is 11.0 Å². The molecule has 1 atom stereocenters. The molecule has 0 bridgehead atoms. The molecule has 0 heterocycles. The number of Topliss-reactive ketones (excluding diaryl/α,β-unsaturated/α-hetero) is 1. The van der Waals surface area contributed by atoms with Crippen LogP contribution >= 0.6 is 0 Å². The predicted octanol–water partition coefficient (Wildman–Crippen LogP) is 3.11. The highest BCUT2D eigenvalue weighted by Crippen LogP contribution is 2.32. The summed E-state index contributed by atoms with van der Waals surface area (Å²) in [6, 6.07) is 2.14. The Hall–Kier alpha value is -1.43. The van der Waals surface area contributed by atoms with E-state index in [0.717, 1.165) is 12.1 Å². The minimum absolute atomic E-state index is 0.0887. The van der Waals surface area contributed by atoms with E-state index < -0.39 is 23.5 Å². The van der Waals surface area contributed by atoms with Crippen molar-refractivity contribution in [2.24, 2.45) is 11.7 Å². The monoisotopic (exact) mass is 277 g/mol. The second-order valence-corrected chi connectivity index (χ2v) is 4.58. The quantitative estimate of drug-likeness (QED) is 0.859. The molecule has 0 aliphatic carbocycles. The van der Waals surface area contributed by atoms with Crippen LogP contribution in [0.15, 0.2) is 18.2 Å². The van der Waals surface area contributed by atoms with Gasteiger partial charge < -0.3 is 5.73 Å². The lowest BCUT2D eigenvalue weighted by molar-refractivity contribution is -0.137.